The lowest BCUT2D eigenvalue weighted by atomic mass is 9.58. The summed E-state index contributed by atoms with van der Waals surface area (Å²) >= 11 is 1.05. The molecule has 0 unspecified atom stereocenters. The molecule has 1 aliphatic heterocycles. The van der Waals surface area contributed by atoms with Gasteiger partial charge in [0.15, 0.2) is 0 Å². The lowest BCUT2D eigenvalue weighted by Gasteiger charge is -2.53. The van der Waals surface area contributed by atoms with Crippen LogP contribution in [-0.2, 0) is 16.4 Å². The molecular weight excluding hydrogens is 473 g/mol. The van der Waals surface area contributed by atoms with Gasteiger partial charge in [0.25, 0.3) is 0 Å². The summed E-state index contributed by atoms with van der Waals surface area (Å²) in [6.45, 7) is 3.33. The first-order valence-corrected chi connectivity index (χ1v) is 12.9. The molecule has 1 N–H and O–H groups in total. The fourth-order valence-corrected chi connectivity index (χ4v) is 7.94. The van der Waals surface area contributed by atoms with Gasteiger partial charge in [0.1, 0.15) is 17.0 Å². The van der Waals surface area contributed by atoms with Gasteiger partial charge < -0.3 is 4.90 Å². The molecule has 1 aromatic carbocycles. The molecule has 0 amide bonds. The molecule has 2 aliphatic rings. The van der Waals surface area contributed by atoms with Gasteiger partial charge in [0.2, 0.25) is 10.0 Å². The molecule has 2 fully saturated rings. The van der Waals surface area contributed by atoms with Crippen LogP contribution in [0.4, 0.5) is 19.0 Å². The highest BCUT2D eigenvalue weighted by Gasteiger charge is 2.56. The Morgan fingerprint density at radius 1 is 1.18 bits per heavy atom. The van der Waals surface area contributed by atoms with Crippen LogP contribution in [0.5, 0.6) is 0 Å². The third-order valence-electron chi connectivity index (χ3n) is 6.44. The monoisotopic (exact) mass is 496 g/mol. The number of alkyl halides is 3. The maximum absolute atomic E-state index is 12.8. The number of sulfonamides is 1. The van der Waals surface area contributed by atoms with Gasteiger partial charge in [-0.05, 0) is 49.8 Å². The van der Waals surface area contributed by atoms with Crippen molar-refractivity contribution in [3.8, 4) is 0 Å². The smallest absolute Gasteiger partial charge is 0.355 e. The second-order valence-electron chi connectivity index (χ2n) is 9.43. The molecule has 2 aromatic heterocycles. The number of thiophene rings is 1. The predicted molar refractivity (Wildman–Crippen MR) is 121 cm³/mol. The molecule has 0 radical (unpaired) electrons. The normalized spacial score (nSPS) is 25.6. The number of benzene rings is 1. The Hall–Kier alpha value is -2.24. The molecule has 11 heteroatoms. The van der Waals surface area contributed by atoms with Crippen LogP contribution >= 0.6 is 11.3 Å². The molecule has 5 rings (SSSR count). The minimum absolute atomic E-state index is 0.0456. The van der Waals surface area contributed by atoms with E-state index in [1.165, 1.54) is 6.33 Å². The first-order chi connectivity index (χ1) is 15.5. The zero-order chi connectivity index (χ0) is 23.5. The maximum Gasteiger partial charge on any atom is 0.393 e. The third kappa shape index (κ3) is 4.45. The lowest BCUT2D eigenvalue weighted by Crippen LogP contribution is -2.60. The first kappa shape index (κ1) is 22.5. The van der Waals surface area contributed by atoms with E-state index in [1.54, 1.807) is 36.4 Å². The van der Waals surface area contributed by atoms with Gasteiger partial charge in [-0.3, -0.25) is 0 Å². The molecule has 3 heterocycles. The molecule has 33 heavy (non-hydrogen) atoms. The Bertz CT molecular complexity index is 1290. The van der Waals surface area contributed by atoms with Crippen LogP contribution in [-0.4, -0.2) is 43.2 Å². The number of rotatable bonds is 5. The summed E-state index contributed by atoms with van der Waals surface area (Å²) in [5.41, 5.74) is -0.579. The number of halogens is 3. The molecule has 0 bridgehead atoms. The fraction of sp³-hybridized carbons (Fsp3) is 0.455. The van der Waals surface area contributed by atoms with Crippen molar-refractivity contribution in [2.45, 2.75) is 49.2 Å². The minimum atomic E-state index is -4.27. The summed E-state index contributed by atoms with van der Waals surface area (Å²) in [6, 6.07) is 9.86. The molecule has 1 saturated heterocycles. The molecule has 1 saturated carbocycles. The number of aromatic nitrogens is 2. The molecular formula is C22H23F3N4O2S2. The van der Waals surface area contributed by atoms with E-state index in [0.717, 1.165) is 24.3 Å². The van der Waals surface area contributed by atoms with Crippen LogP contribution < -0.4 is 9.62 Å². The highest BCUT2D eigenvalue weighted by molar-refractivity contribution is 7.89. The summed E-state index contributed by atoms with van der Waals surface area (Å²) in [7, 11) is -3.61. The SMILES string of the molecule is CC1(NS(=O)(=O)c2ccccc2)CC2(CCN(c3ncnc4sc(CC(F)(F)F)cc34)C2)C1. The van der Waals surface area contributed by atoms with Gasteiger partial charge in [-0.2, -0.15) is 13.2 Å². The van der Waals surface area contributed by atoms with Crippen LogP contribution in [0, 0.1) is 5.41 Å². The van der Waals surface area contributed by atoms with Gasteiger partial charge >= 0.3 is 6.18 Å². The number of hydrogen-bond acceptors (Lipinski definition) is 6. The molecule has 3 aromatic rings. The number of nitrogens with zero attached hydrogens (tertiary/aromatic N) is 3. The zero-order valence-electron chi connectivity index (χ0n) is 17.9. The first-order valence-electron chi connectivity index (χ1n) is 10.6. The van der Waals surface area contributed by atoms with E-state index in [4.69, 9.17) is 0 Å². The van der Waals surface area contributed by atoms with Crippen molar-refractivity contribution in [3.63, 3.8) is 0 Å². The van der Waals surface area contributed by atoms with E-state index in [-0.39, 0.29) is 15.2 Å². The van der Waals surface area contributed by atoms with E-state index in [2.05, 4.69) is 19.6 Å². The van der Waals surface area contributed by atoms with Crippen molar-refractivity contribution in [1.29, 1.82) is 0 Å². The summed E-state index contributed by atoms with van der Waals surface area (Å²) in [5.74, 6) is 0.653. The zero-order valence-corrected chi connectivity index (χ0v) is 19.5. The van der Waals surface area contributed by atoms with Gasteiger partial charge in [0, 0.05) is 23.5 Å². The summed E-state index contributed by atoms with van der Waals surface area (Å²) in [5, 5.41) is 0.644. The van der Waals surface area contributed by atoms with Crippen molar-refractivity contribution in [2.75, 3.05) is 18.0 Å². The summed E-state index contributed by atoms with van der Waals surface area (Å²) in [4.78, 5) is 11.7. The Morgan fingerprint density at radius 2 is 1.91 bits per heavy atom. The Labute approximate surface area is 193 Å². The second-order valence-corrected chi connectivity index (χ2v) is 12.2. The second kappa shape index (κ2) is 7.64. The molecule has 0 atom stereocenters. The Morgan fingerprint density at radius 3 is 2.61 bits per heavy atom. The largest absolute Gasteiger partial charge is 0.393 e. The van der Waals surface area contributed by atoms with Crippen LogP contribution in [0.25, 0.3) is 10.2 Å². The van der Waals surface area contributed by atoms with Crippen molar-refractivity contribution in [2.24, 2.45) is 5.41 Å². The van der Waals surface area contributed by atoms with Gasteiger partial charge in [-0.15, -0.1) is 11.3 Å². The van der Waals surface area contributed by atoms with E-state index in [0.29, 0.717) is 35.4 Å². The van der Waals surface area contributed by atoms with E-state index < -0.39 is 28.2 Å². The van der Waals surface area contributed by atoms with Crippen LogP contribution in [0.2, 0.25) is 0 Å². The molecule has 6 nitrogen and oxygen atoms in total. The molecule has 1 spiro atoms. The molecule has 176 valence electrons. The van der Waals surface area contributed by atoms with Gasteiger partial charge in [-0.1, -0.05) is 18.2 Å². The van der Waals surface area contributed by atoms with Crippen LogP contribution in [0.1, 0.15) is 31.1 Å². The standard InChI is InChI=1S/C22H23F3N4O2S2/c1-20(28-33(30,31)16-5-3-2-4-6-16)11-21(12-20)7-8-29(13-21)18-17-9-15(10-22(23,24)25)32-19(17)27-14-26-18/h2-6,9,14,28H,7-8,10-13H2,1H3. The quantitative estimate of drug-likeness (QED) is 0.562. The van der Waals surface area contributed by atoms with Crippen LogP contribution in [0.15, 0.2) is 47.6 Å². The summed E-state index contributed by atoms with van der Waals surface area (Å²) in [6.07, 6.45) is -1.58. The van der Waals surface area contributed by atoms with Crippen molar-refractivity contribution in [3.05, 3.63) is 47.6 Å². The van der Waals surface area contributed by atoms with E-state index >= 15 is 0 Å². The Kier molecular flexibility index (Phi) is 5.22. The number of anilines is 1. The third-order valence-corrected chi connectivity index (χ3v) is 9.13. The minimum Gasteiger partial charge on any atom is -0.355 e. The Balaban J connectivity index is 1.30. The van der Waals surface area contributed by atoms with Crippen LogP contribution in [0.3, 0.4) is 0 Å². The topological polar surface area (TPSA) is 75.2 Å². The highest BCUT2D eigenvalue weighted by Crippen LogP contribution is 2.55. The van der Waals surface area contributed by atoms with E-state index in [9.17, 15) is 21.6 Å². The van der Waals surface area contributed by atoms with Crippen molar-refractivity contribution < 1.29 is 21.6 Å². The highest BCUT2D eigenvalue weighted by atomic mass is 32.2. The number of hydrogen-bond donors (Lipinski definition) is 1. The van der Waals surface area contributed by atoms with Gasteiger partial charge in [0.05, 0.1) is 16.7 Å². The lowest BCUT2D eigenvalue weighted by molar-refractivity contribution is -0.126. The number of fused-ring (bicyclic) bond motifs is 1. The average molecular weight is 497 g/mol. The predicted octanol–water partition coefficient (Wildman–Crippen LogP) is 4.52. The fourth-order valence-electron chi connectivity index (χ4n) is 5.49. The molecule has 1 aliphatic carbocycles. The van der Waals surface area contributed by atoms with Gasteiger partial charge in [-0.25, -0.2) is 23.1 Å². The number of nitrogens with one attached hydrogen (secondary N) is 1. The average Bonchev–Trinajstić information content (AvgIpc) is 3.30. The summed E-state index contributed by atoms with van der Waals surface area (Å²) < 4.78 is 66.9. The van der Waals surface area contributed by atoms with E-state index in [1.807, 2.05) is 6.92 Å². The van der Waals surface area contributed by atoms with Crippen molar-refractivity contribution >= 4 is 37.4 Å². The maximum atomic E-state index is 12.8. The van der Waals surface area contributed by atoms with Crippen molar-refractivity contribution in [1.82, 2.24) is 14.7 Å².